The predicted molar refractivity (Wildman–Crippen MR) is 208 cm³/mol. The Morgan fingerprint density at radius 3 is 1.29 bits per heavy atom. The first-order valence-corrected chi connectivity index (χ1v) is 16.9. The lowest BCUT2D eigenvalue weighted by molar-refractivity contribution is 1.17. The van der Waals surface area contributed by atoms with E-state index in [2.05, 4.69) is 192 Å². The molecule has 0 aliphatic carbocycles. The van der Waals surface area contributed by atoms with Gasteiger partial charge in [-0.3, -0.25) is 0 Å². The SMILES string of the molecule is Cc1cccc(-n2c3ccccc3c3c4c5ccccc5n(-c5ccc(-c6ccc(-c7ccccc7)cc6)cc5)c4c4ccccc4c32)c1. The van der Waals surface area contributed by atoms with Crippen LogP contribution in [0.25, 0.3) is 88.0 Å². The monoisotopic (exact) mass is 624 g/mol. The fourth-order valence-corrected chi connectivity index (χ4v) is 7.98. The standard InChI is InChI=1S/C47H32N2/c1-31-12-11-15-37(30-31)49-43-21-10-8-19-41(43)45-44-40-18-7-9-20-42(40)48(46(44)38-16-5-6-17-39(38)47(45)49)36-28-26-35(27-29-36)34-24-22-33(23-25-34)32-13-3-2-4-14-32/h2-30H,1H3. The van der Waals surface area contributed by atoms with Gasteiger partial charge in [-0.1, -0.05) is 140 Å². The predicted octanol–water partition coefficient (Wildman–Crippen LogP) is 12.7. The van der Waals surface area contributed by atoms with Crippen molar-refractivity contribution >= 4 is 54.4 Å². The number of nitrogens with zero attached hydrogens (tertiary/aromatic N) is 2. The summed E-state index contributed by atoms with van der Waals surface area (Å²) in [4.78, 5) is 0. The largest absolute Gasteiger partial charge is 0.309 e. The van der Waals surface area contributed by atoms with Gasteiger partial charge in [-0.2, -0.15) is 0 Å². The van der Waals surface area contributed by atoms with Crippen LogP contribution in [0, 0.1) is 6.92 Å². The molecule has 0 spiro atoms. The van der Waals surface area contributed by atoms with Gasteiger partial charge in [-0.25, -0.2) is 0 Å². The molecule has 10 aromatic rings. The van der Waals surface area contributed by atoms with E-state index in [-0.39, 0.29) is 0 Å². The molecular formula is C47H32N2. The summed E-state index contributed by atoms with van der Waals surface area (Å²) >= 11 is 0. The maximum absolute atomic E-state index is 2.48. The van der Waals surface area contributed by atoms with Gasteiger partial charge in [-0.05, 0) is 71.1 Å². The number of benzene rings is 8. The summed E-state index contributed by atoms with van der Waals surface area (Å²) < 4.78 is 4.96. The summed E-state index contributed by atoms with van der Waals surface area (Å²) in [6.45, 7) is 2.17. The molecule has 2 nitrogen and oxygen atoms in total. The van der Waals surface area contributed by atoms with Crippen molar-refractivity contribution in [3.05, 3.63) is 181 Å². The van der Waals surface area contributed by atoms with Crippen molar-refractivity contribution in [2.24, 2.45) is 0 Å². The summed E-state index contributed by atoms with van der Waals surface area (Å²) in [6, 6.07) is 64.2. The molecular weight excluding hydrogens is 593 g/mol. The van der Waals surface area contributed by atoms with Crippen LogP contribution < -0.4 is 0 Å². The summed E-state index contributed by atoms with van der Waals surface area (Å²) in [5, 5.41) is 7.64. The highest BCUT2D eigenvalue weighted by Gasteiger charge is 2.24. The first-order chi connectivity index (χ1) is 24.2. The minimum absolute atomic E-state index is 1.16. The van der Waals surface area contributed by atoms with E-state index in [0.29, 0.717) is 0 Å². The molecule has 0 saturated heterocycles. The zero-order chi connectivity index (χ0) is 32.5. The normalized spacial score (nSPS) is 11.8. The Morgan fingerprint density at radius 2 is 0.755 bits per heavy atom. The molecule has 49 heavy (non-hydrogen) atoms. The Labute approximate surface area is 284 Å². The van der Waals surface area contributed by atoms with Gasteiger partial charge in [0.1, 0.15) is 0 Å². The van der Waals surface area contributed by atoms with Gasteiger partial charge >= 0.3 is 0 Å². The number of hydrogen-bond donors (Lipinski definition) is 0. The number of hydrogen-bond acceptors (Lipinski definition) is 0. The number of rotatable bonds is 4. The Kier molecular flexibility index (Phi) is 6.13. The van der Waals surface area contributed by atoms with E-state index >= 15 is 0 Å². The Bertz CT molecular complexity index is 2850. The molecule has 0 bridgehead atoms. The van der Waals surface area contributed by atoms with Crippen LogP contribution in [0.15, 0.2) is 176 Å². The third kappa shape index (κ3) is 4.21. The number of para-hydroxylation sites is 2. The second kappa shape index (κ2) is 10.8. The molecule has 230 valence electrons. The highest BCUT2D eigenvalue weighted by atomic mass is 15.0. The van der Waals surface area contributed by atoms with E-state index in [1.165, 1.54) is 87.9 Å². The van der Waals surface area contributed by atoms with Gasteiger partial charge in [-0.15, -0.1) is 0 Å². The highest BCUT2D eigenvalue weighted by Crippen LogP contribution is 2.47. The van der Waals surface area contributed by atoms with E-state index in [0.717, 1.165) is 5.69 Å². The second-order valence-electron chi connectivity index (χ2n) is 13.0. The molecule has 0 fully saturated rings. The maximum Gasteiger partial charge on any atom is 0.0627 e. The van der Waals surface area contributed by atoms with E-state index in [1.807, 2.05) is 0 Å². The fourth-order valence-electron chi connectivity index (χ4n) is 7.98. The first-order valence-electron chi connectivity index (χ1n) is 16.9. The van der Waals surface area contributed by atoms with Crippen LogP contribution in [0.1, 0.15) is 5.56 Å². The number of aromatic nitrogens is 2. The van der Waals surface area contributed by atoms with Crippen LogP contribution in [-0.4, -0.2) is 9.13 Å². The van der Waals surface area contributed by atoms with Crippen LogP contribution in [-0.2, 0) is 0 Å². The third-order valence-electron chi connectivity index (χ3n) is 10.1. The first kappa shape index (κ1) is 27.7. The fraction of sp³-hybridized carbons (Fsp3) is 0.0213. The molecule has 0 aliphatic rings. The minimum atomic E-state index is 1.16. The summed E-state index contributed by atoms with van der Waals surface area (Å²) in [5.74, 6) is 0. The van der Waals surface area contributed by atoms with E-state index in [4.69, 9.17) is 0 Å². The van der Waals surface area contributed by atoms with Crippen molar-refractivity contribution in [1.29, 1.82) is 0 Å². The summed E-state index contributed by atoms with van der Waals surface area (Å²) in [5.41, 5.74) is 13.4. The van der Waals surface area contributed by atoms with Crippen molar-refractivity contribution in [1.82, 2.24) is 9.13 Å². The maximum atomic E-state index is 2.48. The van der Waals surface area contributed by atoms with Crippen molar-refractivity contribution in [2.45, 2.75) is 6.92 Å². The minimum Gasteiger partial charge on any atom is -0.309 e. The molecule has 0 aliphatic heterocycles. The highest BCUT2D eigenvalue weighted by molar-refractivity contribution is 6.37. The smallest absolute Gasteiger partial charge is 0.0627 e. The second-order valence-corrected chi connectivity index (χ2v) is 13.0. The molecule has 2 heterocycles. The molecule has 0 unspecified atom stereocenters. The Balaban J connectivity index is 1.25. The van der Waals surface area contributed by atoms with Crippen LogP contribution >= 0.6 is 0 Å². The molecule has 0 N–H and O–H groups in total. The lowest BCUT2D eigenvalue weighted by Crippen LogP contribution is -1.97. The van der Waals surface area contributed by atoms with Crippen LogP contribution in [0.3, 0.4) is 0 Å². The molecule has 2 aromatic heterocycles. The lowest BCUT2D eigenvalue weighted by Gasteiger charge is -2.14. The summed E-state index contributed by atoms with van der Waals surface area (Å²) in [6.07, 6.45) is 0. The molecule has 10 rings (SSSR count). The number of aryl methyl sites for hydroxylation is 1. The van der Waals surface area contributed by atoms with Gasteiger partial charge in [0, 0.05) is 43.7 Å². The molecule has 2 heteroatoms. The van der Waals surface area contributed by atoms with Crippen molar-refractivity contribution in [3.63, 3.8) is 0 Å². The van der Waals surface area contributed by atoms with Crippen LogP contribution in [0.2, 0.25) is 0 Å². The number of fused-ring (bicyclic) bond motifs is 10. The quantitative estimate of drug-likeness (QED) is 0.184. The van der Waals surface area contributed by atoms with E-state index in [9.17, 15) is 0 Å². The van der Waals surface area contributed by atoms with Gasteiger partial charge in [0.2, 0.25) is 0 Å². The molecule has 0 atom stereocenters. The topological polar surface area (TPSA) is 9.86 Å². The molecule has 0 amide bonds. The molecule has 0 saturated carbocycles. The van der Waals surface area contributed by atoms with Gasteiger partial charge in [0.15, 0.2) is 0 Å². The third-order valence-corrected chi connectivity index (χ3v) is 10.1. The average molecular weight is 625 g/mol. The zero-order valence-electron chi connectivity index (χ0n) is 27.1. The summed E-state index contributed by atoms with van der Waals surface area (Å²) in [7, 11) is 0. The average Bonchev–Trinajstić information content (AvgIpc) is 3.69. The van der Waals surface area contributed by atoms with Crippen molar-refractivity contribution < 1.29 is 0 Å². The van der Waals surface area contributed by atoms with E-state index in [1.54, 1.807) is 0 Å². The molecule has 0 radical (unpaired) electrons. The van der Waals surface area contributed by atoms with Gasteiger partial charge in [0.05, 0.1) is 22.1 Å². The Hall–Kier alpha value is -6.38. The van der Waals surface area contributed by atoms with Gasteiger partial charge in [0.25, 0.3) is 0 Å². The van der Waals surface area contributed by atoms with Crippen LogP contribution in [0.4, 0.5) is 0 Å². The zero-order valence-corrected chi connectivity index (χ0v) is 27.1. The molecule has 8 aromatic carbocycles. The lowest BCUT2D eigenvalue weighted by atomic mass is 9.99. The van der Waals surface area contributed by atoms with Crippen molar-refractivity contribution in [3.8, 4) is 33.6 Å². The van der Waals surface area contributed by atoms with Gasteiger partial charge < -0.3 is 9.13 Å². The Morgan fingerprint density at radius 1 is 0.327 bits per heavy atom. The van der Waals surface area contributed by atoms with Crippen molar-refractivity contribution in [2.75, 3.05) is 0 Å². The van der Waals surface area contributed by atoms with E-state index < -0.39 is 0 Å². The van der Waals surface area contributed by atoms with Crippen LogP contribution in [0.5, 0.6) is 0 Å².